The van der Waals surface area contributed by atoms with Gasteiger partial charge in [0.05, 0.1) is 5.69 Å². The van der Waals surface area contributed by atoms with E-state index in [0.717, 1.165) is 55.1 Å². The van der Waals surface area contributed by atoms with Gasteiger partial charge in [-0.25, -0.2) is 9.97 Å². The van der Waals surface area contributed by atoms with Crippen molar-refractivity contribution in [3.8, 4) is 67.2 Å². The Morgan fingerprint density at radius 2 is 0.755 bits per heavy atom. The van der Waals surface area contributed by atoms with E-state index < -0.39 is 0 Å². The molecule has 2 aromatic heterocycles. The van der Waals surface area contributed by atoms with Crippen LogP contribution in [0.1, 0.15) is 0 Å². The molecule has 0 bridgehead atoms. The van der Waals surface area contributed by atoms with E-state index in [2.05, 4.69) is 182 Å². The number of fused-ring (bicyclic) bond motifs is 3. The SMILES string of the molecule is c1ccc(-c2cccc(-c3cccc(-c4nc(-c5cc(-c6ccccc6)cc(-c6ccccc6)c5)c5c(n4)sc4ccccc45)c3)c2)cc1. The predicted octanol–water partition coefficient (Wildman–Crippen LogP) is 12.8. The topological polar surface area (TPSA) is 25.8 Å². The lowest BCUT2D eigenvalue weighted by Crippen LogP contribution is -1.95. The molecule has 49 heavy (non-hydrogen) atoms. The van der Waals surface area contributed by atoms with Crippen LogP contribution in [0.4, 0.5) is 0 Å². The van der Waals surface area contributed by atoms with Gasteiger partial charge in [0.1, 0.15) is 4.83 Å². The van der Waals surface area contributed by atoms with Crippen LogP contribution in [-0.2, 0) is 0 Å². The summed E-state index contributed by atoms with van der Waals surface area (Å²) in [6.07, 6.45) is 0. The maximum atomic E-state index is 5.43. The zero-order chi connectivity index (χ0) is 32.6. The highest BCUT2D eigenvalue weighted by Crippen LogP contribution is 2.42. The molecule has 0 aliphatic rings. The highest BCUT2D eigenvalue weighted by molar-refractivity contribution is 7.25. The number of nitrogens with zero attached hydrogens (tertiary/aromatic N) is 2. The Morgan fingerprint density at radius 3 is 1.37 bits per heavy atom. The van der Waals surface area contributed by atoms with Gasteiger partial charge < -0.3 is 0 Å². The molecule has 0 saturated heterocycles. The molecule has 7 aromatic carbocycles. The molecular formula is C46H30N2S. The molecule has 0 saturated carbocycles. The van der Waals surface area contributed by atoms with Crippen LogP contribution in [0.5, 0.6) is 0 Å². The van der Waals surface area contributed by atoms with E-state index in [4.69, 9.17) is 9.97 Å². The molecular weight excluding hydrogens is 613 g/mol. The molecule has 0 N–H and O–H groups in total. The fourth-order valence-corrected chi connectivity index (χ4v) is 7.74. The number of benzene rings is 7. The number of thiophene rings is 1. The van der Waals surface area contributed by atoms with Crippen molar-refractivity contribution in [2.45, 2.75) is 0 Å². The van der Waals surface area contributed by atoms with Gasteiger partial charge in [-0.2, -0.15) is 0 Å². The van der Waals surface area contributed by atoms with Crippen LogP contribution in [0.25, 0.3) is 87.5 Å². The summed E-state index contributed by atoms with van der Waals surface area (Å²) in [4.78, 5) is 11.7. The highest BCUT2D eigenvalue weighted by Gasteiger charge is 2.19. The summed E-state index contributed by atoms with van der Waals surface area (Å²) in [7, 11) is 0. The molecule has 3 heteroatoms. The van der Waals surface area contributed by atoms with Crippen LogP contribution in [0.2, 0.25) is 0 Å². The van der Waals surface area contributed by atoms with Gasteiger partial charge in [-0.15, -0.1) is 11.3 Å². The third-order valence-electron chi connectivity index (χ3n) is 9.08. The van der Waals surface area contributed by atoms with Crippen LogP contribution < -0.4 is 0 Å². The fourth-order valence-electron chi connectivity index (χ4n) is 6.67. The van der Waals surface area contributed by atoms with Crippen LogP contribution in [0, 0.1) is 0 Å². The second kappa shape index (κ2) is 12.5. The first-order valence-corrected chi connectivity index (χ1v) is 17.3. The fraction of sp³-hybridized carbons (Fsp3) is 0. The van der Waals surface area contributed by atoms with Crippen molar-refractivity contribution in [3.05, 3.63) is 182 Å². The van der Waals surface area contributed by atoms with Gasteiger partial charge in [0.2, 0.25) is 0 Å². The zero-order valence-electron chi connectivity index (χ0n) is 26.6. The molecule has 2 heterocycles. The molecule has 2 nitrogen and oxygen atoms in total. The molecule has 9 aromatic rings. The number of hydrogen-bond donors (Lipinski definition) is 0. The minimum atomic E-state index is 0.724. The summed E-state index contributed by atoms with van der Waals surface area (Å²) < 4.78 is 1.21. The van der Waals surface area contributed by atoms with E-state index in [0.29, 0.717) is 0 Å². The van der Waals surface area contributed by atoms with Crippen molar-refractivity contribution in [1.82, 2.24) is 9.97 Å². The first kappa shape index (κ1) is 29.0. The minimum Gasteiger partial charge on any atom is -0.227 e. The maximum absolute atomic E-state index is 5.43. The quantitative estimate of drug-likeness (QED) is 0.180. The molecule has 0 atom stereocenters. The Hall–Kier alpha value is -6.16. The van der Waals surface area contributed by atoms with Crippen molar-refractivity contribution >= 4 is 31.6 Å². The van der Waals surface area contributed by atoms with Gasteiger partial charge in [-0.05, 0) is 80.9 Å². The molecule has 0 unspecified atom stereocenters. The summed E-state index contributed by atoms with van der Waals surface area (Å²) in [6.45, 7) is 0. The summed E-state index contributed by atoms with van der Waals surface area (Å²) >= 11 is 1.73. The average molecular weight is 643 g/mol. The predicted molar refractivity (Wildman–Crippen MR) is 208 cm³/mol. The van der Waals surface area contributed by atoms with Crippen LogP contribution in [0.3, 0.4) is 0 Å². The van der Waals surface area contributed by atoms with Gasteiger partial charge in [-0.1, -0.05) is 146 Å². The first-order valence-electron chi connectivity index (χ1n) is 16.5. The molecule has 0 fully saturated rings. The number of aromatic nitrogens is 2. The Bertz CT molecular complexity index is 2530. The molecule has 9 rings (SSSR count). The van der Waals surface area contributed by atoms with Crippen LogP contribution in [-0.4, -0.2) is 9.97 Å². The lowest BCUT2D eigenvalue weighted by Gasteiger charge is -2.13. The molecule has 0 spiro atoms. The highest BCUT2D eigenvalue weighted by atomic mass is 32.1. The van der Waals surface area contributed by atoms with E-state index in [-0.39, 0.29) is 0 Å². The van der Waals surface area contributed by atoms with Crippen molar-refractivity contribution in [2.24, 2.45) is 0 Å². The third-order valence-corrected chi connectivity index (χ3v) is 10.1. The smallest absolute Gasteiger partial charge is 0.161 e. The van der Waals surface area contributed by atoms with Gasteiger partial charge in [0.15, 0.2) is 5.82 Å². The normalized spacial score (nSPS) is 11.3. The molecule has 230 valence electrons. The summed E-state index contributed by atoms with van der Waals surface area (Å²) in [5, 5.41) is 2.28. The van der Waals surface area contributed by atoms with E-state index in [1.165, 1.54) is 32.3 Å². The Balaban J connectivity index is 1.24. The second-order valence-corrected chi connectivity index (χ2v) is 13.3. The molecule has 0 aliphatic heterocycles. The van der Waals surface area contributed by atoms with Crippen LogP contribution >= 0.6 is 11.3 Å². The summed E-state index contributed by atoms with van der Waals surface area (Å²) in [6, 6.07) is 64.5. The molecule has 0 amide bonds. The van der Waals surface area contributed by atoms with Gasteiger partial charge in [0.25, 0.3) is 0 Å². The second-order valence-electron chi connectivity index (χ2n) is 12.2. The lowest BCUT2D eigenvalue weighted by molar-refractivity contribution is 1.24. The largest absolute Gasteiger partial charge is 0.227 e. The molecule has 0 aliphatic carbocycles. The summed E-state index contributed by atoms with van der Waals surface area (Å²) in [5.74, 6) is 0.724. The third kappa shape index (κ3) is 5.61. The van der Waals surface area contributed by atoms with E-state index >= 15 is 0 Å². The number of rotatable bonds is 6. The Morgan fingerprint density at radius 1 is 0.327 bits per heavy atom. The monoisotopic (exact) mass is 642 g/mol. The van der Waals surface area contributed by atoms with E-state index in [1.54, 1.807) is 11.3 Å². The van der Waals surface area contributed by atoms with Crippen molar-refractivity contribution in [3.63, 3.8) is 0 Å². The van der Waals surface area contributed by atoms with E-state index in [9.17, 15) is 0 Å². The van der Waals surface area contributed by atoms with Crippen molar-refractivity contribution in [2.75, 3.05) is 0 Å². The van der Waals surface area contributed by atoms with Crippen molar-refractivity contribution < 1.29 is 0 Å². The Kier molecular flexibility index (Phi) is 7.38. The average Bonchev–Trinajstić information content (AvgIpc) is 3.57. The first-order chi connectivity index (χ1) is 24.3. The zero-order valence-corrected chi connectivity index (χ0v) is 27.4. The van der Waals surface area contributed by atoms with Crippen LogP contribution in [0.15, 0.2) is 182 Å². The maximum Gasteiger partial charge on any atom is 0.161 e. The Labute approximate surface area is 289 Å². The van der Waals surface area contributed by atoms with Gasteiger partial charge in [0, 0.05) is 26.6 Å². The van der Waals surface area contributed by atoms with E-state index in [1.807, 2.05) is 0 Å². The van der Waals surface area contributed by atoms with Gasteiger partial charge >= 0.3 is 0 Å². The summed E-state index contributed by atoms with van der Waals surface area (Å²) in [5.41, 5.74) is 12.4. The minimum absolute atomic E-state index is 0.724. The molecule has 0 radical (unpaired) electrons. The van der Waals surface area contributed by atoms with Crippen molar-refractivity contribution in [1.29, 1.82) is 0 Å². The van der Waals surface area contributed by atoms with Gasteiger partial charge in [-0.3, -0.25) is 0 Å². The standard InChI is InChI=1S/C46H30N2S/c1-4-14-31(15-5-1)34-20-12-21-35(26-34)36-22-13-23-37(27-36)45-47-44(43-41-24-10-11-25-42(41)49-46(43)48-45)40-29-38(32-16-6-2-7-17-32)28-39(30-40)33-18-8-3-9-19-33/h1-30H. The lowest BCUT2D eigenvalue weighted by atomic mass is 9.94. The number of hydrogen-bond acceptors (Lipinski definition) is 3.